The lowest BCUT2D eigenvalue weighted by atomic mass is 9.79. The Morgan fingerprint density at radius 3 is 0.926 bits per heavy atom. The summed E-state index contributed by atoms with van der Waals surface area (Å²) in [7, 11) is 0. The first-order valence-corrected chi connectivity index (χ1v) is 19.6. The van der Waals surface area contributed by atoms with Crippen LogP contribution in [0.15, 0.2) is 158 Å². The first-order chi connectivity index (χ1) is 26.2. The predicted molar refractivity (Wildman–Crippen MR) is 230 cm³/mol. The Bertz CT molecular complexity index is 2240. The quantitative estimate of drug-likeness (QED) is 0.156. The van der Waals surface area contributed by atoms with Gasteiger partial charge in [-0.05, 0) is 153 Å². The molecule has 0 aliphatic heterocycles. The first kappa shape index (κ1) is 33.9. The fraction of sp³-hybridized carbons (Fsp3) is 0.192. The van der Waals surface area contributed by atoms with Crippen molar-refractivity contribution in [3.8, 4) is 22.3 Å². The van der Waals surface area contributed by atoms with Gasteiger partial charge in [0.15, 0.2) is 0 Å². The fourth-order valence-electron chi connectivity index (χ4n) is 9.35. The van der Waals surface area contributed by atoms with Gasteiger partial charge in [-0.25, -0.2) is 0 Å². The van der Waals surface area contributed by atoms with Crippen molar-refractivity contribution in [3.63, 3.8) is 0 Å². The normalized spacial score (nSPS) is 14.2. The SMILES string of the molecule is CCc1cc(N(c2ccccc2)c2ccccc2)cc2c1-c1cc3c(cc1C2(C)C)-c1c(CC)cc(N(c2ccccc2)c2ccccc2)cc1C3(C)C. The Morgan fingerprint density at radius 1 is 0.352 bits per heavy atom. The number of rotatable bonds is 8. The molecule has 0 fully saturated rings. The molecular formula is C52H48N2. The van der Waals surface area contributed by atoms with E-state index >= 15 is 0 Å². The summed E-state index contributed by atoms with van der Waals surface area (Å²) in [4.78, 5) is 4.83. The number of hydrogen-bond donors (Lipinski definition) is 0. The molecule has 0 bridgehead atoms. The minimum absolute atomic E-state index is 0.171. The van der Waals surface area contributed by atoms with Crippen LogP contribution in [0.2, 0.25) is 0 Å². The first-order valence-electron chi connectivity index (χ1n) is 19.6. The highest BCUT2D eigenvalue weighted by molar-refractivity contribution is 5.94. The van der Waals surface area contributed by atoms with E-state index in [2.05, 4.69) is 209 Å². The monoisotopic (exact) mass is 700 g/mol. The summed E-state index contributed by atoms with van der Waals surface area (Å²) in [5.74, 6) is 0. The Kier molecular flexibility index (Phi) is 8.12. The van der Waals surface area contributed by atoms with Crippen LogP contribution < -0.4 is 9.80 Å². The van der Waals surface area contributed by atoms with Gasteiger partial charge >= 0.3 is 0 Å². The predicted octanol–water partition coefficient (Wildman–Crippen LogP) is 14.4. The van der Waals surface area contributed by atoms with Crippen molar-refractivity contribution in [2.75, 3.05) is 9.80 Å². The number of fused-ring (bicyclic) bond motifs is 6. The van der Waals surface area contributed by atoms with Gasteiger partial charge in [0.05, 0.1) is 0 Å². The minimum Gasteiger partial charge on any atom is -0.310 e. The van der Waals surface area contributed by atoms with E-state index in [1.807, 2.05) is 0 Å². The molecule has 0 atom stereocenters. The molecule has 0 radical (unpaired) electrons. The van der Waals surface area contributed by atoms with Crippen LogP contribution in [0.4, 0.5) is 34.1 Å². The summed E-state index contributed by atoms with van der Waals surface area (Å²) in [6.07, 6.45) is 1.92. The van der Waals surface area contributed by atoms with Crippen molar-refractivity contribution in [1.29, 1.82) is 0 Å². The summed E-state index contributed by atoms with van der Waals surface area (Å²) in [5, 5.41) is 0. The van der Waals surface area contributed by atoms with Crippen LogP contribution >= 0.6 is 0 Å². The molecule has 54 heavy (non-hydrogen) atoms. The maximum Gasteiger partial charge on any atom is 0.0467 e. The fourth-order valence-corrected chi connectivity index (χ4v) is 9.35. The number of benzene rings is 7. The van der Waals surface area contributed by atoms with E-state index in [1.54, 1.807) is 0 Å². The second-order valence-corrected chi connectivity index (χ2v) is 16.0. The highest BCUT2D eigenvalue weighted by atomic mass is 15.1. The summed E-state index contributed by atoms with van der Waals surface area (Å²) in [6.45, 7) is 14.4. The van der Waals surface area contributed by atoms with E-state index in [-0.39, 0.29) is 10.8 Å². The maximum atomic E-state index is 2.58. The number of hydrogen-bond acceptors (Lipinski definition) is 2. The molecule has 2 aliphatic carbocycles. The van der Waals surface area contributed by atoms with Crippen molar-refractivity contribution in [3.05, 3.63) is 191 Å². The minimum atomic E-state index is -0.171. The molecule has 7 aromatic rings. The molecule has 9 rings (SSSR count). The molecule has 0 saturated carbocycles. The highest BCUT2D eigenvalue weighted by Crippen LogP contribution is 2.59. The molecule has 2 nitrogen and oxygen atoms in total. The van der Waals surface area contributed by atoms with E-state index in [4.69, 9.17) is 0 Å². The van der Waals surface area contributed by atoms with Crippen LogP contribution in [0.1, 0.15) is 74.9 Å². The van der Waals surface area contributed by atoms with Gasteiger partial charge in [-0.15, -0.1) is 0 Å². The van der Waals surface area contributed by atoms with Crippen LogP contribution in [-0.2, 0) is 23.7 Å². The molecule has 0 spiro atoms. The van der Waals surface area contributed by atoms with Crippen LogP contribution in [0.25, 0.3) is 22.3 Å². The molecule has 7 aromatic carbocycles. The van der Waals surface area contributed by atoms with Crippen molar-refractivity contribution in [1.82, 2.24) is 0 Å². The topological polar surface area (TPSA) is 6.48 Å². The van der Waals surface area contributed by atoms with Crippen LogP contribution in [0, 0.1) is 0 Å². The zero-order valence-corrected chi connectivity index (χ0v) is 32.3. The molecule has 0 saturated heterocycles. The van der Waals surface area contributed by atoms with Crippen LogP contribution in [0.5, 0.6) is 0 Å². The maximum absolute atomic E-state index is 2.58. The summed E-state index contributed by atoms with van der Waals surface area (Å²) in [5.41, 5.74) is 20.9. The number of anilines is 6. The van der Waals surface area contributed by atoms with Gasteiger partial charge < -0.3 is 9.80 Å². The zero-order valence-electron chi connectivity index (χ0n) is 32.3. The lowest BCUT2D eigenvalue weighted by Gasteiger charge is -2.29. The summed E-state index contributed by atoms with van der Waals surface area (Å²) in [6, 6.07) is 58.2. The Hall–Kier alpha value is -5.86. The van der Waals surface area contributed by atoms with E-state index < -0.39 is 0 Å². The van der Waals surface area contributed by atoms with E-state index in [1.165, 1.54) is 89.8 Å². The molecule has 0 heterocycles. The lowest BCUT2D eigenvalue weighted by Crippen LogP contribution is -2.18. The zero-order chi connectivity index (χ0) is 37.2. The summed E-state index contributed by atoms with van der Waals surface area (Å²) < 4.78 is 0. The molecule has 0 N–H and O–H groups in total. The van der Waals surface area contributed by atoms with Gasteiger partial charge in [-0.2, -0.15) is 0 Å². The number of para-hydroxylation sites is 4. The highest BCUT2D eigenvalue weighted by Gasteiger charge is 2.43. The molecule has 0 unspecified atom stereocenters. The average molecular weight is 701 g/mol. The second kappa shape index (κ2) is 12.9. The van der Waals surface area contributed by atoms with Crippen LogP contribution in [-0.4, -0.2) is 0 Å². The number of aryl methyl sites for hydroxylation is 2. The third-order valence-corrected chi connectivity index (χ3v) is 12.1. The Morgan fingerprint density at radius 2 is 0.648 bits per heavy atom. The molecule has 2 aliphatic rings. The molecule has 2 heteroatoms. The van der Waals surface area contributed by atoms with Crippen molar-refractivity contribution in [2.24, 2.45) is 0 Å². The van der Waals surface area contributed by atoms with Crippen molar-refractivity contribution < 1.29 is 0 Å². The molecule has 0 aromatic heterocycles. The van der Waals surface area contributed by atoms with Crippen LogP contribution in [0.3, 0.4) is 0 Å². The van der Waals surface area contributed by atoms with Gasteiger partial charge in [-0.1, -0.05) is 114 Å². The summed E-state index contributed by atoms with van der Waals surface area (Å²) >= 11 is 0. The van der Waals surface area contributed by atoms with E-state index in [0.29, 0.717) is 0 Å². The standard InChI is InChI=1S/C52H48N2/c1-7-35-29-41(53(37-21-13-9-14-22-37)38-23-15-10-16-24-38)31-47-49(35)43-33-46-44(34-45(43)51(47,3)4)50-36(8-2)30-42(32-48(50)52(46,5)6)54(39-25-17-11-18-26-39)40-27-19-12-20-28-40/h9-34H,7-8H2,1-6H3. The average Bonchev–Trinajstić information content (AvgIpc) is 3.57. The number of nitrogens with zero attached hydrogens (tertiary/aromatic N) is 2. The molecular weight excluding hydrogens is 653 g/mol. The van der Waals surface area contributed by atoms with E-state index in [9.17, 15) is 0 Å². The third kappa shape index (κ3) is 5.22. The third-order valence-electron chi connectivity index (χ3n) is 12.1. The Labute approximate surface area is 321 Å². The largest absolute Gasteiger partial charge is 0.310 e. The lowest BCUT2D eigenvalue weighted by molar-refractivity contribution is 0.651. The van der Waals surface area contributed by atoms with Crippen molar-refractivity contribution >= 4 is 34.1 Å². The van der Waals surface area contributed by atoms with Gasteiger partial charge in [0.25, 0.3) is 0 Å². The van der Waals surface area contributed by atoms with Gasteiger partial charge in [0.2, 0.25) is 0 Å². The Balaban J connectivity index is 1.21. The smallest absolute Gasteiger partial charge is 0.0467 e. The van der Waals surface area contributed by atoms with Crippen molar-refractivity contribution in [2.45, 2.75) is 65.2 Å². The molecule has 0 amide bonds. The van der Waals surface area contributed by atoms with Gasteiger partial charge in [-0.3, -0.25) is 0 Å². The van der Waals surface area contributed by atoms with Gasteiger partial charge in [0, 0.05) is 45.0 Å². The molecule has 266 valence electrons. The second-order valence-electron chi connectivity index (χ2n) is 16.0. The van der Waals surface area contributed by atoms with Gasteiger partial charge in [0.1, 0.15) is 0 Å². The van der Waals surface area contributed by atoms with E-state index in [0.717, 1.165) is 12.8 Å².